The van der Waals surface area contributed by atoms with Gasteiger partial charge in [-0.05, 0) is 38.4 Å². The summed E-state index contributed by atoms with van der Waals surface area (Å²) in [4.78, 5) is 4.73. The molecular formula is C15H21ClN2S. The third kappa shape index (κ3) is 3.78. The molecule has 0 unspecified atom stereocenters. The van der Waals surface area contributed by atoms with Crippen LogP contribution in [0.5, 0.6) is 0 Å². The fraction of sp³-hybridized carbons (Fsp3) is 0.400. The highest BCUT2D eigenvalue weighted by molar-refractivity contribution is 7.09. The molecule has 2 rings (SSSR count). The summed E-state index contributed by atoms with van der Waals surface area (Å²) in [5, 5.41) is 6.64. The molecule has 1 heterocycles. The van der Waals surface area contributed by atoms with Gasteiger partial charge in [-0.1, -0.05) is 24.6 Å². The molecule has 0 amide bonds. The molecule has 0 spiro atoms. The minimum absolute atomic E-state index is 0. The second-order valence-electron chi connectivity index (χ2n) is 4.68. The maximum absolute atomic E-state index is 4.73. The topological polar surface area (TPSA) is 24.9 Å². The Bertz CT molecular complexity index is 526. The van der Waals surface area contributed by atoms with Crippen molar-refractivity contribution in [1.82, 2.24) is 10.3 Å². The Balaban J connectivity index is 0.00000180. The second-order valence-corrected chi connectivity index (χ2v) is 5.62. The van der Waals surface area contributed by atoms with E-state index in [9.17, 15) is 0 Å². The molecular weight excluding hydrogens is 276 g/mol. The molecule has 104 valence electrons. The van der Waals surface area contributed by atoms with Gasteiger partial charge in [0.2, 0.25) is 0 Å². The Morgan fingerprint density at radius 3 is 2.37 bits per heavy atom. The van der Waals surface area contributed by atoms with Gasteiger partial charge in [0.05, 0.1) is 5.69 Å². The standard InChI is InChI=1S/C15H20N2S.ClH/c1-5-16-8-14-17-13(9-18-14)15-11(3)6-10(2)7-12(15)4;/h6-7,9,16H,5,8H2,1-4H3;1H. The molecule has 1 aromatic heterocycles. The highest BCUT2D eigenvalue weighted by Crippen LogP contribution is 2.29. The van der Waals surface area contributed by atoms with Crippen LogP contribution in [0.25, 0.3) is 11.3 Å². The first-order chi connectivity index (χ1) is 8.61. The van der Waals surface area contributed by atoms with Gasteiger partial charge in [0.25, 0.3) is 0 Å². The largest absolute Gasteiger partial charge is 0.311 e. The number of aromatic nitrogens is 1. The van der Waals surface area contributed by atoms with Crippen LogP contribution in [0.15, 0.2) is 17.5 Å². The van der Waals surface area contributed by atoms with Crippen molar-refractivity contribution in [2.24, 2.45) is 0 Å². The zero-order valence-electron chi connectivity index (χ0n) is 11.9. The van der Waals surface area contributed by atoms with Gasteiger partial charge in [0.1, 0.15) is 5.01 Å². The number of benzene rings is 1. The molecule has 4 heteroatoms. The average molecular weight is 297 g/mol. The number of thiazole rings is 1. The van der Waals surface area contributed by atoms with Crippen molar-refractivity contribution in [3.05, 3.63) is 39.2 Å². The molecule has 0 aliphatic carbocycles. The zero-order valence-corrected chi connectivity index (χ0v) is 13.5. The van der Waals surface area contributed by atoms with E-state index < -0.39 is 0 Å². The summed E-state index contributed by atoms with van der Waals surface area (Å²) in [6.07, 6.45) is 0. The molecule has 1 aromatic carbocycles. The monoisotopic (exact) mass is 296 g/mol. The molecule has 2 aromatic rings. The smallest absolute Gasteiger partial charge is 0.107 e. The van der Waals surface area contributed by atoms with Crippen LogP contribution in [-0.4, -0.2) is 11.5 Å². The Labute approximate surface area is 125 Å². The summed E-state index contributed by atoms with van der Waals surface area (Å²) in [7, 11) is 0. The number of hydrogen-bond donors (Lipinski definition) is 1. The summed E-state index contributed by atoms with van der Waals surface area (Å²) >= 11 is 1.73. The molecule has 0 atom stereocenters. The van der Waals surface area contributed by atoms with Crippen molar-refractivity contribution < 1.29 is 0 Å². The van der Waals surface area contributed by atoms with Crippen molar-refractivity contribution in [3.8, 4) is 11.3 Å². The van der Waals surface area contributed by atoms with E-state index >= 15 is 0 Å². The highest BCUT2D eigenvalue weighted by atomic mass is 35.5. The van der Waals surface area contributed by atoms with E-state index in [0.29, 0.717) is 0 Å². The van der Waals surface area contributed by atoms with Gasteiger partial charge in [-0.15, -0.1) is 23.7 Å². The molecule has 0 bridgehead atoms. The van der Waals surface area contributed by atoms with Gasteiger partial charge < -0.3 is 5.32 Å². The van der Waals surface area contributed by atoms with E-state index in [1.165, 1.54) is 22.3 Å². The van der Waals surface area contributed by atoms with Gasteiger partial charge in [0.15, 0.2) is 0 Å². The molecule has 19 heavy (non-hydrogen) atoms. The van der Waals surface area contributed by atoms with Crippen molar-refractivity contribution in [3.63, 3.8) is 0 Å². The summed E-state index contributed by atoms with van der Waals surface area (Å²) in [6, 6.07) is 4.46. The lowest BCUT2D eigenvalue weighted by molar-refractivity contribution is 0.723. The number of aryl methyl sites for hydroxylation is 3. The Hall–Kier alpha value is -0.900. The van der Waals surface area contributed by atoms with Crippen molar-refractivity contribution in [1.29, 1.82) is 0 Å². The molecule has 0 radical (unpaired) electrons. The van der Waals surface area contributed by atoms with E-state index in [4.69, 9.17) is 4.98 Å². The van der Waals surface area contributed by atoms with Crippen LogP contribution in [-0.2, 0) is 6.54 Å². The first-order valence-electron chi connectivity index (χ1n) is 6.35. The fourth-order valence-electron chi connectivity index (χ4n) is 2.32. The van der Waals surface area contributed by atoms with Gasteiger partial charge >= 0.3 is 0 Å². The van der Waals surface area contributed by atoms with Crippen LogP contribution in [0.2, 0.25) is 0 Å². The first kappa shape index (κ1) is 16.2. The summed E-state index contributed by atoms with van der Waals surface area (Å²) in [6.45, 7) is 10.4. The number of nitrogens with zero attached hydrogens (tertiary/aromatic N) is 1. The Morgan fingerprint density at radius 1 is 1.16 bits per heavy atom. The normalized spacial score (nSPS) is 10.3. The van der Waals surface area contributed by atoms with Crippen LogP contribution >= 0.6 is 23.7 Å². The zero-order chi connectivity index (χ0) is 13.1. The molecule has 0 saturated carbocycles. The van der Waals surface area contributed by atoms with Crippen LogP contribution in [0.3, 0.4) is 0 Å². The van der Waals surface area contributed by atoms with Gasteiger partial charge in [0, 0.05) is 17.5 Å². The van der Waals surface area contributed by atoms with Crippen LogP contribution in [0.4, 0.5) is 0 Å². The number of nitrogens with one attached hydrogen (secondary N) is 1. The Morgan fingerprint density at radius 2 is 1.79 bits per heavy atom. The number of halogens is 1. The average Bonchev–Trinajstić information content (AvgIpc) is 2.73. The highest BCUT2D eigenvalue weighted by Gasteiger charge is 2.10. The Kier molecular flexibility index (Phi) is 5.98. The quantitative estimate of drug-likeness (QED) is 0.911. The predicted molar refractivity (Wildman–Crippen MR) is 86.4 cm³/mol. The first-order valence-corrected chi connectivity index (χ1v) is 7.23. The van der Waals surface area contributed by atoms with E-state index in [-0.39, 0.29) is 12.4 Å². The van der Waals surface area contributed by atoms with Gasteiger partial charge in [-0.3, -0.25) is 0 Å². The minimum atomic E-state index is 0. The van der Waals surface area contributed by atoms with Crippen LogP contribution in [0.1, 0.15) is 28.6 Å². The molecule has 0 aliphatic rings. The molecule has 0 aliphatic heterocycles. The van der Waals surface area contributed by atoms with Crippen molar-refractivity contribution in [2.45, 2.75) is 34.2 Å². The summed E-state index contributed by atoms with van der Waals surface area (Å²) in [5.74, 6) is 0. The number of hydrogen-bond acceptors (Lipinski definition) is 3. The van der Waals surface area contributed by atoms with E-state index in [1.54, 1.807) is 11.3 Å². The lowest BCUT2D eigenvalue weighted by Gasteiger charge is -2.08. The van der Waals surface area contributed by atoms with Gasteiger partial charge in [-0.25, -0.2) is 4.98 Å². The maximum Gasteiger partial charge on any atom is 0.107 e. The summed E-state index contributed by atoms with van der Waals surface area (Å²) < 4.78 is 0. The minimum Gasteiger partial charge on any atom is -0.311 e. The van der Waals surface area contributed by atoms with Crippen molar-refractivity contribution >= 4 is 23.7 Å². The molecule has 2 nitrogen and oxygen atoms in total. The van der Waals surface area contributed by atoms with E-state index in [2.05, 4.69) is 50.5 Å². The SMILES string of the molecule is CCNCc1nc(-c2c(C)cc(C)cc2C)cs1.Cl. The van der Waals surface area contributed by atoms with E-state index in [1.807, 2.05) is 0 Å². The second kappa shape index (κ2) is 7.04. The fourth-order valence-corrected chi connectivity index (χ4v) is 3.08. The van der Waals surface area contributed by atoms with Gasteiger partial charge in [-0.2, -0.15) is 0 Å². The molecule has 0 fully saturated rings. The molecule has 1 N–H and O–H groups in total. The third-order valence-electron chi connectivity index (χ3n) is 3.01. The van der Waals surface area contributed by atoms with Crippen LogP contribution < -0.4 is 5.32 Å². The van der Waals surface area contributed by atoms with E-state index in [0.717, 1.165) is 23.8 Å². The lowest BCUT2D eigenvalue weighted by atomic mass is 9.98. The number of rotatable bonds is 4. The maximum atomic E-state index is 4.73. The van der Waals surface area contributed by atoms with Crippen LogP contribution in [0, 0.1) is 20.8 Å². The summed E-state index contributed by atoms with van der Waals surface area (Å²) in [5.41, 5.74) is 6.35. The predicted octanol–water partition coefficient (Wildman–Crippen LogP) is 4.27. The molecule has 0 saturated heterocycles. The third-order valence-corrected chi connectivity index (χ3v) is 3.86. The van der Waals surface area contributed by atoms with Crippen molar-refractivity contribution in [2.75, 3.05) is 6.54 Å². The lowest BCUT2D eigenvalue weighted by Crippen LogP contribution is -2.11.